The van der Waals surface area contributed by atoms with Crippen LogP contribution in [0.25, 0.3) is 0 Å². The lowest BCUT2D eigenvalue weighted by molar-refractivity contribution is -0.123. The van der Waals surface area contributed by atoms with Crippen molar-refractivity contribution in [3.8, 4) is 0 Å². The monoisotopic (exact) mass is 291 g/mol. The molecule has 1 aromatic carbocycles. The zero-order valence-corrected chi connectivity index (χ0v) is 13.1. The molecule has 0 spiro atoms. The van der Waals surface area contributed by atoms with E-state index in [-0.39, 0.29) is 23.7 Å². The van der Waals surface area contributed by atoms with E-state index in [0.29, 0.717) is 6.54 Å². The topological polar surface area (TPSA) is 84.2 Å². The van der Waals surface area contributed by atoms with E-state index in [4.69, 9.17) is 5.73 Å². The van der Waals surface area contributed by atoms with Gasteiger partial charge in [0.2, 0.25) is 11.8 Å². The molecule has 4 N–H and O–H groups in total. The van der Waals surface area contributed by atoms with Gasteiger partial charge in [0.05, 0.1) is 6.04 Å². The number of amides is 2. The van der Waals surface area contributed by atoms with Crippen molar-refractivity contribution in [3.05, 3.63) is 29.8 Å². The van der Waals surface area contributed by atoms with Gasteiger partial charge < -0.3 is 16.4 Å². The minimum absolute atomic E-state index is 0.0149. The maximum atomic E-state index is 11.8. The van der Waals surface area contributed by atoms with Crippen molar-refractivity contribution in [2.24, 2.45) is 17.6 Å². The maximum absolute atomic E-state index is 11.8. The van der Waals surface area contributed by atoms with E-state index in [0.717, 1.165) is 11.3 Å². The first-order valence-corrected chi connectivity index (χ1v) is 7.24. The van der Waals surface area contributed by atoms with Crippen molar-refractivity contribution in [2.75, 3.05) is 5.32 Å². The molecule has 2 amide bonds. The normalized spacial score (nSPS) is 12.3. The molecule has 0 aromatic heterocycles. The molecule has 0 heterocycles. The Morgan fingerprint density at radius 3 is 2.10 bits per heavy atom. The van der Waals surface area contributed by atoms with Crippen LogP contribution in [0.1, 0.15) is 33.3 Å². The lowest BCUT2D eigenvalue weighted by atomic mass is 10.0. The molecule has 5 nitrogen and oxygen atoms in total. The summed E-state index contributed by atoms with van der Waals surface area (Å²) in [6.07, 6.45) is 0. The van der Waals surface area contributed by atoms with Crippen molar-refractivity contribution in [2.45, 2.75) is 40.3 Å². The van der Waals surface area contributed by atoms with Crippen molar-refractivity contribution in [3.63, 3.8) is 0 Å². The molecule has 0 aliphatic heterocycles. The van der Waals surface area contributed by atoms with E-state index in [1.54, 1.807) is 0 Å². The van der Waals surface area contributed by atoms with Crippen LogP contribution in [0, 0.1) is 11.8 Å². The van der Waals surface area contributed by atoms with Crippen molar-refractivity contribution < 1.29 is 9.59 Å². The highest BCUT2D eigenvalue weighted by molar-refractivity contribution is 5.92. The van der Waals surface area contributed by atoms with Gasteiger partial charge in [0.15, 0.2) is 0 Å². The number of hydrogen-bond donors (Lipinski definition) is 3. The summed E-state index contributed by atoms with van der Waals surface area (Å²) in [6, 6.07) is 6.90. The summed E-state index contributed by atoms with van der Waals surface area (Å²) < 4.78 is 0. The van der Waals surface area contributed by atoms with Crippen LogP contribution in [0.4, 0.5) is 5.69 Å². The van der Waals surface area contributed by atoms with Crippen molar-refractivity contribution >= 4 is 17.5 Å². The minimum atomic E-state index is -0.491. The Balaban J connectivity index is 2.52. The van der Waals surface area contributed by atoms with Crippen LogP contribution in [-0.4, -0.2) is 17.9 Å². The standard InChI is InChI=1S/C16H25N3O2/c1-10(2)14(17)16(21)18-9-12-5-7-13(8-6-12)19-15(20)11(3)4/h5-8,10-11,14H,9,17H2,1-4H3,(H,18,21)(H,19,20)/t14-/m1/s1. The predicted molar refractivity (Wildman–Crippen MR) is 84.6 cm³/mol. The second kappa shape index (κ2) is 7.78. The van der Waals surface area contributed by atoms with E-state index >= 15 is 0 Å². The average molecular weight is 291 g/mol. The fraction of sp³-hybridized carbons (Fsp3) is 0.500. The number of nitrogens with one attached hydrogen (secondary N) is 2. The Labute approximate surface area is 126 Å². The van der Waals surface area contributed by atoms with Gasteiger partial charge in [0.25, 0.3) is 0 Å². The van der Waals surface area contributed by atoms with Gasteiger partial charge in [-0.1, -0.05) is 39.8 Å². The molecule has 1 aromatic rings. The summed E-state index contributed by atoms with van der Waals surface area (Å²) in [7, 11) is 0. The molecule has 21 heavy (non-hydrogen) atoms. The summed E-state index contributed by atoms with van der Waals surface area (Å²) in [5.41, 5.74) is 7.48. The maximum Gasteiger partial charge on any atom is 0.237 e. The van der Waals surface area contributed by atoms with Crippen LogP contribution in [-0.2, 0) is 16.1 Å². The first kappa shape index (κ1) is 17.2. The van der Waals surface area contributed by atoms with Crippen LogP contribution in [0.3, 0.4) is 0 Å². The van der Waals surface area contributed by atoms with E-state index < -0.39 is 6.04 Å². The van der Waals surface area contributed by atoms with Gasteiger partial charge in [0.1, 0.15) is 0 Å². The lowest BCUT2D eigenvalue weighted by Gasteiger charge is -2.15. The third kappa shape index (κ3) is 5.55. The van der Waals surface area contributed by atoms with E-state index in [2.05, 4.69) is 10.6 Å². The largest absolute Gasteiger partial charge is 0.351 e. The minimum Gasteiger partial charge on any atom is -0.351 e. The summed E-state index contributed by atoms with van der Waals surface area (Å²) in [6.45, 7) is 7.94. The first-order valence-electron chi connectivity index (χ1n) is 7.24. The number of benzene rings is 1. The van der Waals surface area contributed by atoms with Crippen LogP contribution in [0.5, 0.6) is 0 Å². The molecule has 0 aliphatic rings. The smallest absolute Gasteiger partial charge is 0.237 e. The number of hydrogen-bond acceptors (Lipinski definition) is 3. The van der Waals surface area contributed by atoms with Gasteiger partial charge in [0, 0.05) is 18.2 Å². The SMILES string of the molecule is CC(C)C(=O)Nc1ccc(CNC(=O)[C@H](N)C(C)C)cc1. The lowest BCUT2D eigenvalue weighted by Crippen LogP contribution is -2.43. The molecule has 0 bridgehead atoms. The van der Waals surface area contributed by atoms with Crippen molar-refractivity contribution in [1.82, 2.24) is 5.32 Å². The first-order chi connectivity index (χ1) is 9.81. The summed E-state index contributed by atoms with van der Waals surface area (Å²) >= 11 is 0. The van der Waals surface area contributed by atoms with Crippen LogP contribution < -0.4 is 16.4 Å². The number of carbonyl (C=O) groups is 2. The predicted octanol–water partition coefficient (Wildman–Crippen LogP) is 1.88. The molecule has 0 radical (unpaired) electrons. The Morgan fingerprint density at radius 2 is 1.62 bits per heavy atom. The summed E-state index contributed by atoms with van der Waals surface area (Å²) in [5, 5.41) is 5.63. The Bertz CT molecular complexity index is 481. The van der Waals surface area contributed by atoms with Crippen LogP contribution in [0.2, 0.25) is 0 Å². The Hall–Kier alpha value is -1.88. The molecule has 0 saturated heterocycles. The molecular formula is C16H25N3O2. The van der Waals surface area contributed by atoms with Gasteiger partial charge in [-0.05, 0) is 23.6 Å². The van der Waals surface area contributed by atoms with Gasteiger partial charge in [-0.2, -0.15) is 0 Å². The fourth-order valence-corrected chi connectivity index (χ4v) is 1.60. The van der Waals surface area contributed by atoms with Crippen LogP contribution >= 0.6 is 0 Å². The van der Waals surface area contributed by atoms with Crippen molar-refractivity contribution in [1.29, 1.82) is 0 Å². The number of rotatable bonds is 6. The molecule has 5 heteroatoms. The quantitative estimate of drug-likeness (QED) is 0.748. The molecule has 0 aliphatic carbocycles. The second-order valence-corrected chi connectivity index (χ2v) is 5.83. The zero-order valence-electron chi connectivity index (χ0n) is 13.1. The summed E-state index contributed by atoms with van der Waals surface area (Å²) in [4.78, 5) is 23.3. The average Bonchev–Trinajstić information content (AvgIpc) is 2.45. The molecule has 116 valence electrons. The third-order valence-electron chi connectivity index (χ3n) is 3.23. The highest BCUT2D eigenvalue weighted by Gasteiger charge is 2.16. The van der Waals surface area contributed by atoms with Gasteiger partial charge in [-0.25, -0.2) is 0 Å². The van der Waals surface area contributed by atoms with E-state index in [9.17, 15) is 9.59 Å². The van der Waals surface area contributed by atoms with Crippen LogP contribution in [0.15, 0.2) is 24.3 Å². The highest BCUT2D eigenvalue weighted by atomic mass is 16.2. The number of nitrogens with two attached hydrogens (primary N) is 1. The summed E-state index contributed by atoms with van der Waals surface area (Å²) in [5.74, 6) is -0.110. The number of carbonyl (C=O) groups excluding carboxylic acids is 2. The van der Waals surface area contributed by atoms with Gasteiger partial charge in [-0.3, -0.25) is 9.59 Å². The molecule has 0 unspecified atom stereocenters. The Kier molecular flexibility index (Phi) is 6.37. The van der Waals surface area contributed by atoms with Gasteiger partial charge in [-0.15, -0.1) is 0 Å². The molecular weight excluding hydrogens is 266 g/mol. The second-order valence-electron chi connectivity index (χ2n) is 5.83. The van der Waals surface area contributed by atoms with Gasteiger partial charge >= 0.3 is 0 Å². The molecule has 0 saturated carbocycles. The Morgan fingerprint density at radius 1 is 1.05 bits per heavy atom. The third-order valence-corrected chi connectivity index (χ3v) is 3.23. The fourth-order valence-electron chi connectivity index (χ4n) is 1.60. The van der Waals surface area contributed by atoms with E-state index in [1.165, 1.54) is 0 Å². The van der Waals surface area contributed by atoms with E-state index in [1.807, 2.05) is 52.0 Å². The molecule has 1 atom stereocenters. The zero-order chi connectivity index (χ0) is 16.0. The highest BCUT2D eigenvalue weighted by Crippen LogP contribution is 2.11. The molecule has 1 rings (SSSR count). The molecule has 0 fully saturated rings. The number of anilines is 1.